The molecule has 0 radical (unpaired) electrons. The predicted octanol–water partition coefficient (Wildman–Crippen LogP) is 3.23. The molecule has 3 heteroatoms. The lowest BCUT2D eigenvalue weighted by Crippen LogP contribution is -2.28. The zero-order valence-electron chi connectivity index (χ0n) is 12.4. The van der Waals surface area contributed by atoms with E-state index in [1.165, 1.54) is 24.0 Å². The van der Waals surface area contributed by atoms with Gasteiger partial charge in [-0.15, -0.1) is 0 Å². The minimum atomic E-state index is 0.328. The molecule has 0 amide bonds. The molecule has 0 aromatic heterocycles. The van der Waals surface area contributed by atoms with Gasteiger partial charge in [0.15, 0.2) is 0 Å². The highest BCUT2D eigenvalue weighted by atomic mass is 16.5. The Morgan fingerprint density at radius 1 is 1.25 bits per heavy atom. The molecule has 3 nitrogen and oxygen atoms in total. The largest absolute Gasteiger partial charge is 0.490 e. The number of fused-ring (bicyclic) bond motifs is 1. The highest BCUT2D eigenvalue weighted by Gasteiger charge is 2.24. The topological polar surface area (TPSA) is 30.5 Å². The van der Waals surface area contributed by atoms with Crippen LogP contribution in [-0.4, -0.2) is 25.9 Å². The molecule has 1 atom stereocenters. The van der Waals surface area contributed by atoms with Crippen LogP contribution < -0.4 is 10.1 Å². The van der Waals surface area contributed by atoms with Gasteiger partial charge in [-0.1, -0.05) is 19.1 Å². The van der Waals surface area contributed by atoms with E-state index < -0.39 is 0 Å². The van der Waals surface area contributed by atoms with E-state index in [1.54, 1.807) is 0 Å². The molecule has 1 unspecified atom stereocenters. The van der Waals surface area contributed by atoms with E-state index in [-0.39, 0.29) is 0 Å². The van der Waals surface area contributed by atoms with Gasteiger partial charge in [-0.2, -0.15) is 0 Å². The molecular weight excluding hydrogens is 250 g/mol. The molecule has 0 bridgehead atoms. The van der Waals surface area contributed by atoms with Gasteiger partial charge in [-0.05, 0) is 43.0 Å². The second kappa shape index (κ2) is 6.59. The maximum atomic E-state index is 6.27. The summed E-state index contributed by atoms with van der Waals surface area (Å²) in [5.74, 6) is 1.11. The summed E-state index contributed by atoms with van der Waals surface area (Å²) < 4.78 is 11.7. The van der Waals surface area contributed by atoms with E-state index in [0.717, 1.165) is 44.8 Å². The summed E-state index contributed by atoms with van der Waals surface area (Å²) in [6.07, 6.45) is 5.99. The van der Waals surface area contributed by atoms with E-state index in [2.05, 4.69) is 30.4 Å². The Balaban J connectivity index is 1.79. The number of ether oxygens (including phenoxy) is 2. The van der Waals surface area contributed by atoms with Crippen LogP contribution in [0.15, 0.2) is 18.2 Å². The Labute approximate surface area is 121 Å². The molecule has 1 aromatic rings. The second-order valence-electron chi connectivity index (χ2n) is 5.76. The number of rotatable bonds is 4. The molecule has 20 heavy (non-hydrogen) atoms. The summed E-state index contributed by atoms with van der Waals surface area (Å²) in [6, 6.07) is 7.05. The number of hydrogen-bond donors (Lipinski definition) is 1. The lowest BCUT2D eigenvalue weighted by atomic mass is 9.87. The van der Waals surface area contributed by atoms with Crippen molar-refractivity contribution in [3.05, 3.63) is 29.3 Å². The van der Waals surface area contributed by atoms with Crippen LogP contribution >= 0.6 is 0 Å². The van der Waals surface area contributed by atoms with Gasteiger partial charge in [0.2, 0.25) is 0 Å². The third-order valence-electron chi connectivity index (χ3n) is 4.38. The smallest absolute Gasteiger partial charge is 0.123 e. The summed E-state index contributed by atoms with van der Waals surface area (Å²) >= 11 is 0. The molecule has 1 heterocycles. The minimum absolute atomic E-state index is 0.328. The van der Waals surface area contributed by atoms with Crippen LogP contribution in [0.1, 0.15) is 49.8 Å². The molecule has 1 aromatic carbocycles. The summed E-state index contributed by atoms with van der Waals surface area (Å²) in [4.78, 5) is 0. The Morgan fingerprint density at radius 3 is 2.90 bits per heavy atom. The van der Waals surface area contributed by atoms with E-state index in [9.17, 15) is 0 Å². The van der Waals surface area contributed by atoms with E-state index in [1.807, 2.05) is 0 Å². The number of benzene rings is 1. The van der Waals surface area contributed by atoms with E-state index >= 15 is 0 Å². The molecule has 1 N–H and O–H groups in total. The van der Waals surface area contributed by atoms with Crippen molar-refractivity contribution in [1.29, 1.82) is 0 Å². The zero-order valence-corrected chi connectivity index (χ0v) is 12.4. The summed E-state index contributed by atoms with van der Waals surface area (Å²) in [5.41, 5.74) is 2.87. The molecule has 1 aliphatic heterocycles. The average Bonchev–Trinajstić information content (AvgIpc) is 2.50. The maximum Gasteiger partial charge on any atom is 0.123 e. The van der Waals surface area contributed by atoms with Gasteiger partial charge >= 0.3 is 0 Å². The van der Waals surface area contributed by atoms with E-state index in [4.69, 9.17) is 9.47 Å². The van der Waals surface area contributed by atoms with Crippen molar-refractivity contribution in [2.24, 2.45) is 0 Å². The van der Waals surface area contributed by atoms with Crippen molar-refractivity contribution < 1.29 is 9.47 Å². The standard InChI is InChI=1S/C17H25NO2/c1-2-18-16-7-3-6-15-14(16)5-4-8-17(15)20-13-9-11-19-12-10-13/h4-5,8,13,16,18H,2-3,6-7,9-12H2,1H3. The molecule has 1 aliphatic carbocycles. The molecule has 1 saturated heterocycles. The third kappa shape index (κ3) is 2.99. The Morgan fingerprint density at radius 2 is 2.10 bits per heavy atom. The monoisotopic (exact) mass is 275 g/mol. The van der Waals surface area contributed by atoms with Gasteiger partial charge in [0.05, 0.1) is 13.2 Å². The maximum absolute atomic E-state index is 6.27. The van der Waals surface area contributed by atoms with Gasteiger partial charge in [0, 0.05) is 18.9 Å². The molecular formula is C17H25NO2. The zero-order chi connectivity index (χ0) is 13.8. The fourth-order valence-corrected chi connectivity index (χ4v) is 3.36. The first-order chi connectivity index (χ1) is 9.88. The van der Waals surface area contributed by atoms with Crippen LogP contribution in [-0.2, 0) is 11.2 Å². The van der Waals surface area contributed by atoms with Crippen LogP contribution in [0.3, 0.4) is 0 Å². The van der Waals surface area contributed by atoms with Crippen molar-refractivity contribution in [2.45, 2.75) is 51.2 Å². The van der Waals surface area contributed by atoms with Gasteiger partial charge in [-0.3, -0.25) is 0 Å². The minimum Gasteiger partial charge on any atom is -0.490 e. The molecule has 3 rings (SSSR count). The SMILES string of the molecule is CCNC1CCCc2c(OC3CCOCC3)cccc21. The third-order valence-corrected chi connectivity index (χ3v) is 4.38. The quantitative estimate of drug-likeness (QED) is 0.915. The number of nitrogens with one attached hydrogen (secondary N) is 1. The lowest BCUT2D eigenvalue weighted by molar-refractivity contribution is 0.0250. The van der Waals surface area contributed by atoms with Crippen LogP contribution in [0.5, 0.6) is 5.75 Å². The highest BCUT2D eigenvalue weighted by Crippen LogP contribution is 2.36. The fraction of sp³-hybridized carbons (Fsp3) is 0.647. The van der Waals surface area contributed by atoms with Crippen molar-refractivity contribution >= 4 is 0 Å². The van der Waals surface area contributed by atoms with Crippen LogP contribution in [0.2, 0.25) is 0 Å². The van der Waals surface area contributed by atoms with Crippen molar-refractivity contribution in [2.75, 3.05) is 19.8 Å². The molecule has 2 aliphatic rings. The lowest BCUT2D eigenvalue weighted by Gasteiger charge is -2.30. The first-order valence-electron chi connectivity index (χ1n) is 7.98. The molecule has 0 saturated carbocycles. The highest BCUT2D eigenvalue weighted by molar-refractivity contribution is 5.43. The second-order valence-corrected chi connectivity index (χ2v) is 5.76. The van der Waals surface area contributed by atoms with Gasteiger partial charge < -0.3 is 14.8 Å². The van der Waals surface area contributed by atoms with Crippen LogP contribution in [0.4, 0.5) is 0 Å². The van der Waals surface area contributed by atoms with Gasteiger partial charge in [-0.25, -0.2) is 0 Å². The molecule has 0 spiro atoms. The summed E-state index contributed by atoms with van der Waals surface area (Å²) in [6.45, 7) is 4.87. The van der Waals surface area contributed by atoms with Gasteiger partial charge in [0.1, 0.15) is 11.9 Å². The summed E-state index contributed by atoms with van der Waals surface area (Å²) in [7, 11) is 0. The number of hydrogen-bond acceptors (Lipinski definition) is 3. The predicted molar refractivity (Wildman–Crippen MR) is 80.3 cm³/mol. The summed E-state index contributed by atoms with van der Waals surface area (Å²) in [5, 5.41) is 3.60. The van der Waals surface area contributed by atoms with Gasteiger partial charge in [0.25, 0.3) is 0 Å². The van der Waals surface area contributed by atoms with E-state index in [0.29, 0.717) is 12.1 Å². The Hall–Kier alpha value is -1.06. The van der Waals surface area contributed by atoms with Crippen LogP contribution in [0.25, 0.3) is 0 Å². The molecule has 1 fully saturated rings. The van der Waals surface area contributed by atoms with Crippen molar-refractivity contribution in [3.8, 4) is 5.75 Å². The Kier molecular flexibility index (Phi) is 4.58. The molecule has 110 valence electrons. The van der Waals surface area contributed by atoms with Crippen molar-refractivity contribution in [3.63, 3.8) is 0 Å². The first kappa shape index (κ1) is 13.9. The first-order valence-corrected chi connectivity index (χ1v) is 7.98. The Bertz CT molecular complexity index is 441. The van der Waals surface area contributed by atoms with Crippen LogP contribution in [0, 0.1) is 0 Å². The van der Waals surface area contributed by atoms with Crippen molar-refractivity contribution in [1.82, 2.24) is 5.32 Å². The fourth-order valence-electron chi connectivity index (χ4n) is 3.36. The normalized spacial score (nSPS) is 23.4. The average molecular weight is 275 g/mol.